The molecule has 1 aromatic carbocycles. The van der Waals surface area contributed by atoms with E-state index in [4.69, 9.17) is 4.84 Å². The molecule has 1 unspecified atom stereocenters. The Balaban J connectivity index is 1.76. The average Bonchev–Trinajstić information content (AvgIpc) is 3.15. The fourth-order valence-electron chi connectivity index (χ4n) is 4.50. The van der Waals surface area contributed by atoms with Crippen LogP contribution in [0.15, 0.2) is 41.8 Å². The van der Waals surface area contributed by atoms with Crippen LogP contribution in [0.3, 0.4) is 0 Å². The molecule has 0 aliphatic carbocycles. The molecular formula is C30H49N3O2. The Morgan fingerprint density at radius 2 is 1.74 bits per heavy atom. The second kappa shape index (κ2) is 17.3. The number of hydrogen-bond donors (Lipinski definition) is 2. The maximum Gasteiger partial charge on any atom is 0.237 e. The molecule has 5 heteroatoms. The van der Waals surface area contributed by atoms with Crippen molar-refractivity contribution in [2.24, 2.45) is 11.1 Å². The predicted octanol–water partition coefficient (Wildman–Crippen LogP) is 6.91. The molecule has 1 saturated heterocycles. The maximum absolute atomic E-state index is 12.4. The summed E-state index contributed by atoms with van der Waals surface area (Å²) in [5, 5.41) is 10.6. The van der Waals surface area contributed by atoms with Gasteiger partial charge in [-0.2, -0.15) is 0 Å². The highest BCUT2D eigenvalue weighted by atomic mass is 16.6. The van der Waals surface area contributed by atoms with Crippen molar-refractivity contribution < 1.29 is 9.63 Å². The van der Waals surface area contributed by atoms with Gasteiger partial charge in [-0.1, -0.05) is 115 Å². The molecule has 1 fully saturated rings. The molecule has 0 radical (unpaired) electrons. The summed E-state index contributed by atoms with van der Waals surface area (Å²) in [7, 11) is 0. The summed E-state index contributed by atoms with van der Waals surface area (Å²) in [5.74, 6) is 0.666. The smallest absolute Gasteiger partial charge is 0.237 e. The molecule has 35 heavy (non-hydrogen) atoms. The third-order valence-electron chi connectivity index (χ3n) is 6.73. The number of aryl methyl sites for hydroxylation is 1. The lowest BCUT2D eigenvalue weighted by atomic mass is 9.97. The number of rotatable bonds is 16. The van der Waals surface area contributed by atoms with E-state index in [0.717, 1.165) is 43.5 Å². The molecule has 1 aliphatic rings. The van der Waals surface area contributed by atoms with E-state index in [0.29, 0.717) is 5.76 Å². The lowest BCUT2D eigenvalue weighted by molar-refractivity contribution is -0.123. The molecule has 0 aromatic heterocycles. The number of carbonyl (C=O) groups is 1. The van der Waals surface area contributed by atoms with Crippen molar-refractivity contribution in [2.45, 2.75) is 110 Å². The van der Waals surface area contributed by atoms with Gasteiger partial charge >= 0.3 is 0 Å². The Kier molecular flexibility index (Phi) is 14.4. The largest absolute Gasteiger partial charge is 0.360 e. The fourth-order valence-corrected chi connectivity index (χ4v) is 4.50. The predicted molar refractivity (Wildman–Crippen MR) is 148 cm³/mol. The minimum Gasteiger partial charge on any atom is -0.360 e. The van der Waals surface area contributed by atoms with E-state index in [2.05, 4.69) is 67.4 Å². The van der Waals surface area contributed by atoms with E-state index in [1.165, 1.54) is 63.4 Å². The van der Waals surface area contributed by atoms with Crippen LogP contribution in [0.5, 0.6) is 0 Å². The quantitative estimate of drug-likeness (QED) is 0.116. The van der Waals surface area contributed by atoms with Gasteiger partial charge in [-0.05, 0) is 49.3 Å². The molecule has 1 aromatic rings. The van der Waals surface area contributed by atoms with Gasteiger partial charge in [-0.25, -0.2) is 0 Å². The Labute approximate surface area is 214 Å². The van der Waals surface area contributed by atoms with Crippen molar-refractivity contribution in [1.82, 2.24) is 10.6 Å². The molecule has 0 saturated carbocycles. The van der Waals surface area contributed by atoms with E-state index in [1.807, 2.05) is 0 Å². The summed E-state index contributed by atoms with van der Waals surface area (Å²) in [6, 6.07) is 8.59. The summed E-state index contributed by atoms with van der Waals surface area (Å²) in [6.07, 6.45) is 16.2. The number of oxime groups is 1. The first-order valence-corrected chi connectivity index (χ1v) is 14.0. The van der Waals surface area contributed by atoms with Gasteiger partial charge in [0.15, 0.2) is 0 Å². The van der Waals surface area contributed by atoms with Crippen LogP contribution in [0.2, 0.25) is 0 Å². The Morgan fingerprint density at radius 1 is 1.06 bits per heavy atom. The first kappa shape index (κ1) is 29.1. The Morgan fingerprint density at radius 3 is 2.43 bits per heavy atom. The van der Waals surface area contributed by atoms with E-state index >= 15 is 0 Å². The highest BCUT2D eigenvalue weighted by Crippen LogP contribution is 2.16. The monoisotopic (exact) mass is 483 g/mol. The number of nitrogens with one attached hydrogen (secondary N) is 2. The standard InChI is InChI=1S/C30H49N3O2/c1-5-6-7-8-9-10-11-13-16-26-18-20-27(21-19-26)29(24(2)3)33-35-25(4)23-32-30(34)28-17-14-12-15-22-31-28/h18-21,24,28,31H,4-17,22-23H2,1-3H3,(H,32,34)/b33-29+. The summed E-state index contributed by atoms with van der Waals surface area (Å²) in [5.41, 5.74) is 3.34. The van der Waals surface area contributed by atoms with Gasteiger partial charge < -0.3 is 15.5 Å². The van der Waals surface area contributed by atoms with Gasteiger partial charge in [0.1, 0.15) is 5.76 Å². The third kappa shape index (κ3) is 11.9. The van der Waals surface area contributed by atoms with Crippen molar-refractivity contribution >= 4 is 11.6 Å². The maximum atomic E-state index is 12.4. The topological polar surface area (TPSA) is 62.7 Å². The van der Waals surface area contributed by atoms with Gasteiger partial charge in [-0.3, -0.25) is 4.79 Å². The molecule has 5 nitrogen and oxygen atoms in total. The van der Waals surface area contributed by atoms with Crippen molar-refractivity contribution in [3.8, 4) is 0 Å². The SMILES string of the molecule is C=C(CNC(=O)C1CCCCCN1)O/N=C(/c1ccc(CCCCCCCCCC)cc1)C(C)C. The number of benzene rings is 1. The van der Waals surface area contributed by atoms with Crippen LogP contribution in [0, 0.1) is 5.92 Å². The van der Waals surface area contributed by atoms with Crippen LogP contribution in [0.25, 0.3) is 0 Å². The highest BCUT2D eigenvalue weighted by molar-refractivity contribution is 6.01. The number of unbranched alkanes of at least 4 members (excludes halogenated alkanes) is 7. The molecule has 1 aliphatic heterocycles. The normalized spacial score (nSPS) is 16.7. The minimum atomic E-state index is -0.121. The van der Waals surface area contributed by atoms with Crippen LogP contribution in [-0.4, -0.2) is 30.8 Å². The lowest BCUT2D eigenvalue weighted by Crippen LogP contribution is -2.44. The van der Waals surface area contributed by atoms with Crippen LogP contribution in [0.4, 0.5) is 0 Å². The molecule has 0 bridgehead atoms. The van der Waals surface area contributed by atoms with Crippen molar-refractivity contribution in [3.63, 3.8) is 0 Å². The zero-order valence-corrected chi connectivity index (χ0v) is 22.5. The first-order chi connectivity index (χ1) is 17.0. The molecule has 1 heterocycles. The zero-order chi connectivity index (χ0) is 25.3. The molecular weight excluding hydrogens is 434 g/mol. The molecule has 2 rings (SSSR count). The Hall–Kier alpha value is -2.14. The molecule has 1 amide bonds. The van der Waals surface area contributed by atoms with Crippen LogP contribution in [-0.2, 0) is 16.1 Å². The van der Waals surface area contributed by atoms with E-state index < -0.39 is 0 Å². The molecule has 2 N–H and O–H groups in total. The van der Waals surface area contributed by atoms with Gasteiger partial charge in [0, 0.05) is 0 Å². The minimum absolute atomic E-state index is 0.0109. The van der Waals surface area contributed by atoms with Crippen LogP contribution < -0.4 is 10.6 Å². The second-order valence-electron chi connectivity index (χ2n) is 10.3. The van der Waals surface area contributed by atoms with Gasteiger partial charge in [0.2, 0.25) is 5.91 Å². The van der Waals surface area contributed by atoms with Crippen molar-refractivity contribution in [2.75, 3.05) is 13.1 Å². The van der Waals surface area contributed by atoms with Crippen LogP contribution >= 0.6 is 0 Å². The number of nitrogens with zero attached hydrogens (tertiary/aromatic N) is 1. The van der Waals surface area contributed by atoms with E-state index in [1.54, 1.807) is 0 Å². The molecule has 196 valence electrons. The summed E-state index contributed by atoms with van der Waals surface area (Å²) in [4.78, 5) is 18.0. The Bertz CT molecular complexity index is 762. The fraction of sp³-hybridized carbons (Fsp3) is 0.667. The zero-order valence-electron chi connectivity index (χ0n) is 22.5. The number of carbonyl (C=O) groups excluding carboxylic acids is 1. The summed E-state index contributed by atoms with van der Waals surface area (Å²) < 4.78 is 0. The summed E-state index contributed by atoms with van der Waals surface area (Å²) >= 11 is 0. The second-order valence-corrected chi connectivity index (χ2v) is 10.3. The highest BCUT2D eigenvalue weighted by Gasteiger charge is 2.19. The third-order valence-corrected chi connectivity index (χ3v) is 6.73. The number of hydrogen-bond acceptors (Lipinski definition) is 4. The molecule has 1 atom stereocenters. The van der Waals surface area contributed by atoms with Gasteiger partial charge in [0.05, 0.1) is 18.3 Å². The number of amides is 1. The van der Waals surface area contributed by atoms with Gasteiger partial charge in [0.25, 0.3) is 0 Å². The molecule has 0 spiro atoms. The summed E-state index contributed by atoms with van der Waals surface area (Å²) in [6.45, 7) is 11.6. The van der Waals surface area contributed by atoms with Gasteiger partial charge in [-0.15, -0.1) is 0 Å². The average molecular weight is 484 g/mol. The van der Waals surface area contributed by atoms with Crippen molar-refractivity contribution in [3.05, 3.63) is 47.7 Å². The lowest BCUT2D eigenvalue weighted by Gasteiger charge is -2.16. The van der Waals surface area contributed by atoms with Crippen molar-refractivity contribution in [1.29, 1.82) is 0 Å². The van der Waals surface area contributed by atoms with E-state index in [9.17, 15) is 4.79 Å². The van der Waals surface area contributed by atoms with Crippen LogP contribution in [0.1, 0.15) is 109 Å². The van der Waals surface area contributed by atoms with E-state index in [-0.39, 0.29) is 24.4 Å². The first-order valence-electron chi connectivity index (χ1n) is 14.0.